The lowest BCUT2D eigenvalue weighted by Gasteiger charge is -2.29. The summed E-state index contributed by atoms with van der Waals surface area (Å²) in [6, 6.07) is 7.21. The summed E-state index contributed by atoms with van der Waals surface area (Å²) in [5, 5.41) is 13.0. The number of halogens is 1. The first-order chi connectivity index (χ1) is 13.0. The van der Waals surface area contributed by atoms with Crippen LogP contribution in [0.3, 0.4) is 0 Å². The number of oxazole rings is 1. The Bertz CT molecular complexity index is 793. The molecule has 1 fully saturated rings. The normalized spacial score (nSPS) is 16.5. The van der Waals surface area contributed by atoms with Gasteiger partial charge in [-0.25, -0.2) is 9.78 Å². The number of carbonyl (C=O) groups excluding carboxylic acids is 1. The molecule has 2 aromatic rings. The Morgan fingerprint density at radius 1 is 1.15 bits per heavy atom. The number of nitrogens with one attached hydrogen (secondary N) is 1. The molecule has 1 aromatic heterocycles. The van der Waals surface area contributed by atoms with Crippen LogP contribution >= 0.6 is 11.6 Å². The van der Waals surface area contributed by atoms with Crippen LogP contribution < -0.4 is 5.32 Å². The van der Waals surface area contributed by atoms with Crippen molar-refractivity contribution in [3.8, 4) is 11.3 Å². The summed E-state index contributed by atoms with van der Waals surface area (Å²) < 4.78 is 5.69. The van der Waals surface area contributed by atoms with Gasteiger partial charge in [-0.3, -0.25) is 4.79 Å². The van der Waals surface area contributed by atoms with E-state index in [1.54, 1.807) is 18.3 Å². The van der Waals surface area contributed by atoms with E-state index in [0.717, 1.165) is 31.2 Å². The van der Waals surface area contributed by atoms with Gasteiger partial charge in [0, 0.05) is 23.4 Å². The number of hydrogen-bond acceptors (Lipinski definition) is 4. The van der Waals surface area contributed by atoms with Crippen LogP contribution in [0.15, 0.2) is 34.9 Å². The Hall–Kier alpha value is -2.34. The smallest absolute Gasteiger partial charge is 0.329 e. The minimum absolute atomic E-state index is 0.135. The fourth-order valence-corrected chi connectivity index (χ4v) is 3.57. The van der Waals surface area contributed by atoms with Gasteiger partial charge >= 0.3 is 5.97 Å². The second kappa shape index (κ2) is 8.57. The molecule has 27 heavy (non-hydrogen) atoms. The Balaban J connectivity index is 1.58. The number of aromatic nitrogens is 1. The summed E-state index contributed by atoms with van der Waals surface area (Å²) in [5.41, 5.74) is -0.288. The molecule has 0 unspecified atom stereocenters. The number of rotatable bonds is 6. The first-order valence-corrected chi connectivity index (χ1v) is 9.61. The highest BCUT2D eigenvalue weighted by Gasteiger charge is 2.39. The zero-order valence-corrected chi connectivity index (χ0v) is 15.8. The molecule has 6 nitrogen and oxygen atoms in total. The monoisotopic (exact) mass is 390 g/mol. The van der Waals surface area contributed by atoms with Gasteiger partial charge in [-0.1, -0.05) is 37.3 Å². The van der Waals surface area contributed by atoms with Gasteiger partial charge in [-0.05, 0) is 37.1 Å². The molecule has 1 aliphatic rings. The van der Waals surface area contributed by atoms with Crippen LogP contribution in [0.5, 0.6) is 0 Å². The van der Waals surface area contributed by atoms with Gasteiger partial charge in [0.1, 0.15) is 5.54 Å². The first-order valence-electron chi connectivity index (χ1n) is 9.24. The van der Waals surface area contributed by atoms with Crippen molar-refractivity contribution in [3.05, 3.63) is 41.4 Å². The minimum atomic E-state index is -1.14. The van der Waals surface area contributed by atoms with E-state index in [4.69, 9.17) is 16.0 Å². The maximum Gasteiger partial charge on any atom is 0.329 e. The van der Waals surface area contributed by atoms with E-state index >= 15 is 0 Å². The van der Waals surface area contributed by atoms with Crippen LogP contribution in [0.1, 0.15) is 50.8 Å². The van der Waals surface area contributed by atoms with Gasteiger partial charge in [0.25, 0.3) is 0 Å². The fourth-order valence-electron chi connectivity index (χ4n) is 3.45. The average Bonchev–Trinajstić information content (AvgIpc) is 2.99. The molecule has 1 aromatic carbocycles. The van der Waals surface area contributed by atoms with Crippen molar-refractivity contribution in [3.63, 3.8) is 0 Å². The number of aryl methyl sites for hydroxylation is 1. The summed E-state index contributed by atoms with van der Waals surface area (Å²) in [7, 11) is 0. The molecule has 3 rings (SSSR count). The van der Waals surface area contributed by atoms with Gasteiger partial charge in [0.15, 0.2) is 11.7 Å². The molecular formula is C20H23ClN2O4. The fraction of sp³-hybridized carbons (Fsp3) is 0.450. The van der Waals surface area contributed by atoms with Crippen molar-refractivity contribution in [2.75, 3.05) is 0 Å². The zero-order valence-electron chi connectivity index (χ0n) is 15.0. The van der Waals surface area contributed by atoms with Crippen LogP contribution in [-0.4, -0.2) is 27.5 Å². The zero-order chi connectivity index (χ0) is 19.3. The van der Waals surface area contributed by atoms with Gasteiger partial charge in [-0.15, -0.1) is 0 Å². The van der Waals surface area contributed by atoms with Crippen molar-refractivity contribution in [2.45, 2.75) is 56.9 Å². The lowest BCUT2D eigenvalue weighted by Crippen LogP contribution is -2.54. The molecule has 144 valence electrons. The molecule has 1 aliphatic carbocycles. The Labute approximate surface area is 162 Å². The highest BCUT2D eigenvalue weighted by molar-refractivity contribution is 6.30. The third-order valence-corrected chi connectivity index (χ3v) is 5.25. The number of amides is 1. The second-order valence-corrected chi connectivity index (χ2v) is 7.41. The predicted octanol–water partition coefficient (Wildman–Crippen LogP) is 4.22. The van der Waals surface area contributed by atoms with Crippen LogP contribution in [0, 0.1) is 0 Å². The number of benzene rings is 1. The van der Waals surface area contributed by atoms with E-state index < -0.39 is 11.5 Å². The molecule has 7 heteroatoms. The Morgan fingerprint density at radius 2 is 1.81 bits per heavy atom. The van der Waals surface area contributed by atoms with Crippen molar-refractivity contribution < 1.29 is 19.1 Å². The summed E-state index contributed by atoms with van der Waals surface area (Å²) in [6.07, 6.45) is 6.67. The SMILES string of the molecule is O=C(CCc1ncc(-c2ccc(Cl)cc2)o1)NC1(C(=O)O)CCCCCC1. The largest absolute Gasteiger partial charge is 0.480 e. The van der Waals surface area contributed by atoms with Gasteiger partial charge < -0.3 is 14.8 Å². The van der Waals surface area contributed by atoms with Crippen LogP contribution in [-0.2, 0) is 16.0 Å². The van der Waals surface area contributed by atoms with Crippen molar-refractivity contribution in [1.82, 2.24) is 10.3 Å². The second-order valence-electron chi connectivity index (χ2n) is 6.97. The number of carbonyl (C=O) groups is 2. The van der Waals surface area contributed by atoms with E-state index in [0.29, 0.717) is 35.9 Å². The summed E-state index contributed by atoms with van der Waals surface area (Å²) in [6.45, 7) is 0. The lowest BCUT2D eigenvalue weighted by molar-refractivity contribution is -0.148. The summed E-state index contributed by atoms with van der Waals surface area (Å²) in [4.78, 5) is 28.3. The van der Waals surface area contributed by atoms with Crippen molar-refractivity contribution >= 4 is 23.5 Å². The lowest BCUT2D eigenvalue weighted by atomic mass is 9.90. The highest BCUT2D eigenvalue weighted by Crippen LogP contribution is 2.28. The van der Waals surface area contributed by atoms with E-state index in [1.807, 2.05) is 12.1 Å². The number of carboxylic acids is 1. The topological polar surface area (TPSA) is 92.4 Å². The molecule has 0 bridgehead atoms. The van der Waals surface area contributed by atoms with Crippen molar-refractivity contribution in [2.24, 2.45) is 0 Å². The van der Waals surface area contributed by atoms with Crippen LogP contribution in [0.4, 0.5) is 0 Å². The maximum absolute atomic E-state index is 12.4. The number of carboxylic acid groups (broad SMARTS) is 1. The molecular weight excluding hydrogens is 368 g/mol. The van der Waals surface area contributed by atoms with Gasteiger partial charge in [0.05, 0.1) is 6.20 Å². The molecule has 2 N–H and O–H groups in total. The van der Waals surface area contributed by atoms with E-state index in [1.165, 1.54) is 0 Å². The third kappa shape index (κ3) is 4.89. The molecule has 0 radical (unpaired) electrons. The molecule has 1 amide bonds. The highest BCUT2D eigenvalue weighted by atomic mass is 35.5. The van der Waals surface area contributed by atoms with Crippen LogP contribution in [0.2, 0.25) is 5.02 Å². The predicted molar refractivity (Wildman–Crippen MR) is 101 cm³/mol. The summed E-state index contributed by atoms with van der Waals surface area (Å²) >= 11 is 5.88. The molecule has 0 saturated heterocycles. The van der Waals surface area contributed by atoms with Crippen molar-refractivity contribution in [1.29, 1.82) is 0 Å². The minimum Gasteiger partial charge on any atom is -0.480 e. The molecule has 0 spiro atoms. The quantitative estimate of drug-likeness (QED) is 0.720. The Morgan fingerprint density at radius 3 is 2.44 bits per heavy atom. The summed E-state index contributed by atoms with van der Waals surface area (Å²) in [5.74, 6) is -0.183. The van der Waals surface area contributed by atoms with Crippen LogP contribution in [0.25, 0.3) is 11.3 Å². The molecule has 0 atom stereocenters. The average molecular weight is 391 g/mol. The van der Waals surface area contributed by atoms with E-state index in [9.17, 15) is 14.7 Å². The standard InChI is InChI=1S/C20H23ClN2O4/c21-15-7-5-14(6-8-15)16-13-22-18(27-16)10-9-17(24)23-20(19(25)26)11-3-1-2-4-12-20/h5-8,13H,1-4,9-12H2,(H,23,24)(H,25,26). The van der Waals surface area contributed by atoms with E-state index in [2.05, 4.69) is 10.3 Å². The van der Waals surface area contributed by atoms with E-state index in [-0.39, 0.29) is 12.3 Å². The number of hydrogen-bond donors (Lipinski definition) is 2. The van der Waals surface area contributed by atoms with Gasteiger partial charge in [-0.2, -0.15) is 0 Å². The van der Waals surface area contributed by atoms with Gasteiger partial charge in [0.2, 0.25) is 5.91 Å². The molecule has 1 heterocycles. The third-order valence-electron chi connectivity index (χ3n) is 4.99. The number of nitrogens with zero attached hydrogens (tertiary/aromatic N) is 1. The molecule has 0 aliphatic heterocycles. The first kappa shape index (κ1) is 19.4. The number of aliphatic carboxylic acids is 1. The Kier molecular flexibility index (Phi) is 6.16. The molecule has 1 saturated carbocycles. The maximum atomic E-state index is 12.4.